The Kier molecular flexibility index (Phi) is 3.72. The first-order chi connectivity index (χ1) is 7.75. The fourth-order valence-corrected chi connectivity index (χ4v) is 1.78. The second-order valence-electron chi connectivity index (χ2n) is 4.51. The molecule has 2 rings (SSSR count). The van der Waals surface area contributed by atoms with Crippen LogP contribution in [0.4, 0.5) is 5.82 Å². The molecule has 1 aromatic rings. The van der Waals surface area contributed by atoms with Crippen LogP contribution in [0.15, 0.2) is 12.4 Å². The summed E-state index contributed by atoms with van der Waals surface area (Å²) in [5.41, 5.74) is 1.04. The van der Waals surface area contributed by atoms with Crippen molar-refractivity contribution in [1.82, 2.24) is 9.97 Å². The average Bonchev–Trinajstić information content (AvgIpc) is 2.30. The maximum Gasteiger partial charge on any atom is 0.145 e. The van der Waals surface area contributed by atoms with Crippen LogP contribution >= 0.6 is 0 Å². The van der Waals surface area contributed by atoms with Crippen molar-refractivity contribution in [2.24, 2.45) is 0 Å². The summed E-state index contributed by atoms with van der Waals surface area (Å²) in [7, 11) is 0. The molecule has 0 radical (unpaired) electrons. The molecular formula is C12H19N3O. The lowest BCUT2D eigenvalue weighted by Gasteiger charge is -2.23. The molecule has 0 saturated carbocycles. The highest BCUT2D eigenvalue weighted by Gasteiger charge is 2.14. The smallest absolute Gasteiger partial charge is 0.145 e. The van der Waals surface area contributed by atoms with E-state index in [0.29, 0.717) is 12.0 Å². The van der Waals surface area contributed by atoms with Crippen molar-refractivity contribution >= 4 is 5.82 Å². The molecule has 1 aliphatic rings. The molecule has 0 unspecified atom stereocenters. The fourth-order valence-electron chi connectivity index (χ4n) is 1.78. The Morgan fingerprint density at radius 3 is 2.75 bits per heavy atom. The Morgan fingerprint density at radius 2 is 2.06 bits per heavy atom. The average molecular weight is 221 g/mol. The molecule has 4 nitrogen and oxygen atoms in total. The number of hydrogen-bond acceptors (Lipinski definition) is 4. The zero-order chi connectivity index (χ0) is 11.4. The molecule has 1 aliphatic heterocycles. The number of rotatable bonds is 3. The minimum absolute atomic E-state index is 0.420. The van der Waals surface area contributed by atoms with E-state index in [1.807, 2.05) is 6.20 Å². The zero-order valence-corrected chi connectivity index (χ0v) is 9.94. The Morgan fingerprint density at radius 1 is 1.31 bits per heavy atom. The molecule has 1 N–H and O–H groups in total. The monoisotopic (exact) mass is 221 g/mol. The van der Waals surface area contributed by atoms with Crippen LogP contribution in [-0.2, 0) is 4.74 Å². The van der Waals surface area contributed by atoms with Crippen molar-refractivity contribution in [2.45, 2.75) is 38.6 Å². The van der Waals surface area contributed by atoms with E-state index in [9.17, 15) is 0 Å². The van der Waals surface area contributed by atoms with Gasteiger partial charge in [0, 0.05) is 25.5 Å². The van der Waals surface area contributed by atoms with Crippen molar-refractivity contribution in [1.29, 1.82) is 0 Å². The molecule has 4 heteroatoms. The zero-order valence-electron chi connectivity index (χ0n) is 9.94. The number of anilines is 1. The minimum Gasteiger partial charge on any atom is -0.381 e. The summed E-state index contributed by atoms with van der Waals surface area (Å²) < 4.78 is 5.32. The predicted octanol–water partition coefficient (Wildman–Crippen LogP) is 2.19. The molecule has 88 valence electrons. The highest BCUT2D eigenvalue weighted by atomic mass is 16.5. The van der Waals surface area contributed by atoms with Crippen molar-refractivity contribution < 1.29 is 4.74 Å². The lowest BCUT2D eigenvalue weighted by molar-refractivity contribution is 0.0904. The number of nitrogens with zero attached hydrogens (tertiary/aromatic N) is 2. The molecule has 1 saturated heterocycles. The second kappa shape index (κ2) is 5.25. The van der Waals surface area contributed by atoms with Crippen LogP contribution in [0, 0.1) is 0 Å². The van der Waals surface area contributed by atoms with E-state index >= 15 is 0 Å². The largest absolute Gasteiger partial charge is 0.381 e. The Bertz CT molecular complexity index is 335. The molecule has 16 heavy (non-hydrogen) atoms. The summed E-state index contributed by atoms with van der Waals surface area (Å²) in [6.45, 7) is 5.94. The van der Waals surface area contributed by atoms with Gasteiger partial charge in [-0.25, -0.2) is 4.98 Å². The van der Waals surface area contributed by atoms with Gasteiger partial charge in [-0.3, -0.25) is 4.98 Å². The van der Waals surface area contributed by atoms with E-state index < -0.39 is 0 Å². The summed E-state index contributed by atoms with van der Waals surface area (Å²) in [6.07, 6.45) is 5.72. The molecule has 2 heterocycles. The van der Waals surface area contributed by atoms with Gasteiger partial charge >= 0.3 is 0 Å². The normalized spacial score (nSPS) is 17.7. The number of aromatic nitrogens is 2. The van der Waals surface area contributed by atoms with Crippen LogP contribution in [0.2, 0.25) is 0 Å². The Labute approximate surface area is 96.4 Å². The van der Waals surface area contributed by atoms with Crippen LogP contribution < -0.4 is 5.32 Å². The van der Waals surface area contributed by atoms with Crippen LogP contribution in [-0.4, -0.2) is 29.2 Å². The fraction of sp³-hybridized carbons (Fsp3) is 0.667. The maximum atomic E-state index is 5.32. The first-order valence-electron chi connectivity index (χ1n) is 5.92. The van der Waals surface area contributed by atoms with E-state index in [1.165, 1.54) is 0 Å². The quantitative estimate of drug-likeness (QED) is 0.850. The standard InChI is InChI=1S/C12H19N3O/c1-9(2)11-7-13-8-12(15-11)14-10-3-5-16-6-4-10/h7-10H,3-6H2,1-2H3,(H,14,15). The first-order valence-corrected chi connectivity index (χ1v) is 5.92. The van der Waals surface area contributed by atoms with Crippen molar-refractivity contribution in [2.75, 3.05) is 18.5 Å². The van der Waals surface area contributed by atoms with Gasteiger partial charge in [-0.2, -0.15) is 0 Å². The van der Waals surface area contributed by atoms with Crippen LogP contribution in [0.3, 0.4) is 0 Å². The van der Waals surface area contributed by atoms with Gasteiger partial charge in [-0.05, 0) is 18.8 Å². The highest BCUT2D eigenvalue weighted by molar-refractivity contribution is 5.33. The topological polar surface area (TPSA) is 47.0 Å². The van der Waals surface area contributed by atoms with Gasteiger partial charge in [-0.15, -0.1) is 0 Å². The van der Waals surface area contributed by atoms with Gasteiger partial charge in [0.05, 0.1) is 11.9 Å². The Balaban J connectivity index is 2.00. The second-order valence-corrected chi connectivity index (χ2v) is 4.51. The van der Waals surface area contributed by atoms with E-state index in [2.05, 4.69) is 29.1 Å². The van der Waals surface area contributed by atoms with E-state index in [-0.39, 0.29) is 0 Å². The van der Waals surface area contributed by atoms with Gasteiger partial charge < -0.3 is 10.1 Å². The van der Waals surface area contributed by atoms with Crippen LogP contribution in [0.25, 0.3) is 0 Å². The van der Waals surface area contributed by atoms with Crippen molar-refractivity contribution in [3.63, 3.8) is 0 Å². The minimum atomic E-state index is 0.420. The number of ether oxygens (including phenoxy) is 1. The first kappa shape index (κ1) is 11.3. The lowest BCUT2D eigenvalue weighted by atomic mass is 10.1. The summed E-state index contributed by atoms with van der Waals surface area (Å²) in [6, 6.07) is 0.477. The van der Waals surface area contributed by atoms with Gasteiger partial charge in [0.15, 0.2) is 0 Å². The molecule has 0 atom stereocenters. The highest BCUT2D eigenvalue weighted by Crippen LogP contribution is 2.15. The SMILES string of the molecule is CC(C)c1cncc(NC2CCOCC2)n1. The van der Waals surface area contributed by atoms with Crippen LogP contribution in [0.1, 0.15) is 38.3 Å². The predicted molar refractivity (Wildman–Crippen MR) is 63.6 cm³/mol. The van der Waals surface area contributed by atoms with Crippen molar-refractivity contribution in [3.8, 4) is 0 Å². The molecule has 0 amide bonds. The maximum absolute atomic E-state index is 5.32. The summed E-state index contributed by atoms with van der Waals surface area (Å²) in [4.78, 5) is 8.77. The van der Waals surface area contributed by atoms with Gasteiger partial charge in [0.2, 0.25) is 0 Å². The number of nitrogens with one attached hydrogen (secondary N) is 1. The summed E-state index contributed by atoms with van der Waals surface area (Å²) >= 11 is 0. The molecule has 0 spiro atoms. The molecule has 1 fully saturated rings. The number of hydrogen-bond donors (Lipinski definition) is 1. The summed E-state index contributed by atoms with van der Waals surface area (Å²) in [5.74, 6) is 1.31. The molecule has 0 aliphatic carbocycles. The third-order valence-corrected chi connectivity index (χ3v) is 2.82. The molecule has 0 aromatic carbocycles. The van der Waals surface area contributed by atoms with E-state index in [4.69, 9.17) is 4.74 Å². The van der Waals surface area contributed by atoms with E-state index in [1.54, 1.807) is 6.20 Å². The lowest BCUT2D eigenvalue weighted by Crippen LogP contribution is -2.28. The van der Waals surface area contributed by atoms with Gasteiger partial charge in [0.1, 0.15) is 5.82 Å². The molecule has 1 aromatic heterocycles. The van der Waals surface area contributed by atoms with Crippen molar-refractivity contribution in [3.05, 3.63) is 18.1 Å². The molecular weight excluding hydrogens is 202 g/mol. The third kappa shape index (κ3) is 2.92. The van der Waals surface area contributed by atoms with Gasteiger partial charge in [-0.1, -0.05) is 13.8 Å². The third-order valence-electron chi connectivity index (χ3n) is 2.82. The van der Waals surface area contributed by atoms with E-state index in [0.717, 1.165) is 37.6 Å². The van der Waals surface area contributed by atoms with Gasteiger partial charge in [0.25, 0.3) is 0 Å². The molecule has 0 bridgehead atoms. The Hall–Kier alpha value is -1.16. The summed E-state index contributed by atoms with van der Waals surface area (Å²) in [5, 5.41) is 3.42. The van der Waals surface area contributed by atoms with Crippen LogP contribution in [0.5, 0.6) is 0 Å².